The van der Waals surface area contributed by atoms with E-state index in [0.29, 0.717) is 6.04 Å². The molecule has 1 N–H and O–H groups in total. The summed E-state index contributed by atoms with van der Waals surface area (Å²) in [6, 6.07) is 8.34. The predicted molar refractivity (Wildman–Crippen MR) is 90.0 cm³/mol. The molecule has 1 heterocycles. The molecule has 5 heteroatoms. The van der Waals surface area contributed by atoms with Gasteiger partial charge in [0.15, 0.2) is 0 Å². The number of nitrogens with zero attached hydrogens (tertiary/aromatic N) is 1. The molecule has 20 heavy (non-hydrogen) atoms. The molecule has 1 aromatic heterocycles. The lowest BCUT2D eigenvalue weighted by Crippen LogP contribution is -2.17. The molecule has 108 valence electrons. The molecular weight excluding hydrogens is 308 g/mol. The summed E-state index contributed by atoms with van der Waals surface area (Å²) in [6.45, 7) is 7.39. The van der Waals surface area contributed by atoms with Crippen LogP contribution >= 0.6 is 34.7 Å². The molecule has 1 atom stereocenters. The van der Waals surface area contributed by atoms with Crippen LogP contribution in [0.5, 0.6) is 0 Å². The van der Waals surface area contributed by atoms with E-state index in [1.165, 1.54) is 14.8 Å². The summed E-state index contributed by atoms with van der Waals surface area (Å²) < 4.78 is 0. The maximum atomic E-state index is 6.00. The molecule has 0 aliphatic carbocycles. The van der Waals surface area contributed by atoms with E-state index in [9.17, 15) is 0 Å². The van der Waals surface area contributed by atoms with Crippen LogP contribution in [0.2, 0.25) is 5.02 Å². The minimum absolute atomic E-state index is 0.377. The Morgan fingerprint density at radius 3 is 2.95 bits per heavy atom. The van der Waals surface area contributed by atoms with Gasteiger partial charge in [-0.2, -0.15) is 0 Å². The minimum atomic E-state index is 0.377. The Kier molecular flexibility index (Phi) is 5.90. The minimum Gasteiger partial charge on any atom is -0.310 e. The van der Waals surface area contributed by atoms with Gasteiger partial charge in [-0.1, -0.05) is 24.6 Å². The van der Waals surface area contributed by atoms with E-state index in [1.54, 1.807) is 23.1 Å². The Balaban J connectivity index is 2.02. The average Bonchev–Trinajstić information content (AvgIpc) is 2.78. The predicted octanol–water partition coefficient (Wildman–Crippen LogP) is 5.07. The molecule has 0 radical (unpaired) electrons. The number of thioether (sulfide) groups is 1. The van der Waals surface area contributed by atoms with Crippen molar-refractivity contribution in [3.8, 4) is 0 Å². The smallest absolute Gasteiger partial charge is 0.103 e. The normalized spacial score (nSPS) is 12.6. The second kappa shape index (κ2) is 7.46. The van der Waals surface area contributed by atoms with Crippen molar-refractivity contribution >= 4 is 34.7 Å². The molecule has 2 nitrogen and oxygen atoms in total. The summed E-state index contributed by atoms with van der Waals surface area (Å²) in [6.07, 6.45) is 0. The zero-order valence-electron chi connectivity index (χ0n) is 11.9. The van der Waals surface area contributed by atoms with Crippen LogP contribution in [0.1, 0.15) is 35.5 Å². The number of thiazole rings is 1. The zero-order valence-corrected chi connectivity index (χ0v) is 14.3. The third-order valence-electron chi connectivity index (χ3n) is 2.94. The Morgan fingerprint density at radius 2 is 2.25 bits per heavy atom. The Morgan fingerprint density at radius 1 is 1.45 bits per heavy atom. The molecule has 0 aliphatic heterocycles. The van der Waals surface area contributed by atoms with Crippen molar-refractivity contribution in [2.75, 3.05) is 6.54 Å². The van der Waals surface area contributed by atoms with Gasteiger partial charge in [0.1, 0.15) is 5.01 Å². The van der Waals surface area contributed by atoms with Crippen LogP contribution in [0.3, 0.4) is 0 Å². The summed E-state index contributed by atoms with van der Waals surface area (Å²) in [7, 11) is 0. The highest BCUT2D eigenvalue weighted by Gasteiger charge is 2.13. The fourth-order valence-corrected chi connectivity index (χ4v) is 4.33. The van der Waals surface area contributed by atoms with E-state index in [-0.39, 0.29) is 0 Å². The summed E-state index contributed by atoms with van der Waals surface area (Å²) in [5.74, 6) is 0.894. The molecule has 0 amide bonds. The lowest BCUT2D eigenvalue weighted by molar-refractivity contribution is 0.603. The summed E-state index contributed by atoms with van der Waals surface area (Å²) >= 11 is 9.58. The van der Waals surface area contributed by atoms with Crippen LogP contribution in [0, 0.1) is 6.92 Å². The Bertz CT molecular complexity index is 569. The van der Waals surface area contributed by atoms with Crippen LogP contribution in [0.4, 0.5) is 0 Å². The first-order chi connectivity index (χ1) is 9.60. The van der Waals surface area contributed by atoms with Gasteiger partial charge in [-0.3, -0.25) is 0 Å². The van der Waals surface area contributed by atoms with Crippen LogP contribution in [-0.4, -0.2) is 11.5 Å². The molecule has 1 unspecified atom stereocenters. The van der Waals surface area contributed by atoms with Gasteiger partial charge in [0.25, 0.3) is 0 Å². The quantitative estimate of drug-likeness (QED) is 0.750. The monoisotopic (exact) mass is 326 g/mol. The van der Waals surface area contributed by atoms with Crippen molar-refractivity contribution < 1.29 is 0 Å². The first-order valence-corrected chi connectivity index (χ1v) is 8.86. The second-order valence-corrected chi connectivity index (χ2v) is 7.18. The van der Waals surface area contributed by atoms with Crippen LogP contribution in [0.25, 0.3) is 0 Å². The van der Waals surface area contributed by atoms with Gasteiger partial charge in [0, 0.05) is 20.8 Å². The van der Waals surface area contributed by atoms with Crippen molar-refractivity contribution in [3.05, 3.63) is 44.9 Å². The molecule has 2 rings (SSSR count). The van der Waals surface area contributed by atoms with Gasteiger partial charge in [-0.05, 0) is 38.6 Å². The first kappa shape index (κ1) is 15.8. The van der Waals surface area contributed by atoms with E-state index >= 15 is 0 Å². The van der Waals surface area contributed by atoms with Gasteiger partial charge in [0.05, 0.1) is 11.4 Å². The molecule has 0 aliphatic rings. The van der Waals surface area contributed by atoms with Gasteiger partial charge in [-0.15, -0.1) is 23.1 Å². The standard InChI is InChI=1S/C15H19ClN2S2/c1-4-17-10(2)15-11(3)18-14(20-15)9-19-13-7-5-6-12(16)8-13/h5-8,10,17H,4,9H2,1-3H3. The number of benzene rings is 1. The third-order valence-corrected chi connectivity index (χ3v) is 5.70. The van der Waals surface area contributed by atoms with Gasteiger partial charge in [0.2, 0.25) is 0 Å². The van der Waals surface area contributed by atoms with Crippen molar-refractivity contribution in [1.82, 2.24) is 10.3 Å². The van der Waals surface area contributed by atoms with Crippen molar-refractivity contribution in [1.29, 1.82) is 0 Å². The van der Waals surface area contributed by atoms with Gasteiger partial charge >= 0.3 is 0 Å². The fourth-order valence-electron chi connectivity index (χ4n) is 2.03. The summed E-state index contributed by atoms with van der Waals surface area (Å²) in [5, 5.41) is 5.40. The number of rotatable bonds is 6. The molecule has 2 aromatic rings. The van der Waals surface area contributed by atoms with Crippen LogP contribution < -0.4 is 5.32 Å². The van der Waals surface area contributed by atoms with E-state index in [4.69, 9.17) is 11.6 Å². The van der Waals surface area contributed by atoms with E-state index in [1.807, 2.05) is 18.2 Å². The van der Waals surface area contributed by atoms with Crippen molar-refractivity contribution in [2.45, 2.75) is 37.5 Å². The molecule has 0 spiro atoms. The molecule has 0 saturated carbocycles. The number of aromatic nitrogens is 1. The number of aryl methyl sites for hydroxylation is 1. The van der Waals surface area contributed by atoms with Gasteiger partial charge in [-0.25, -0.2) is 4.98 Å². The number of nitrogens with one attached hydrogen (secondary N) is 1. The Hall–Kier alpha value is -0.550. The number of hydrogen-bond donors (Lipinski definition) is 1. The number of hydrogen-bond acceptors (Lipinski definition) is 4. The zero-order chi connectivity index (χ0) is 14.5. The summed E-state index contributed by atoms with van der Waals surface area (Å²) in [5.41, 5.74) is 1.14. The molecule has 0 bridgehead atoms. The lowest BCUT2D eigenvalue weighted by Gasteiger charge is -2.09. The highest BCUT2D eigenvalue weighted by atomic mass is 35.5. The molecule has 0 saturated heterocycles. The SMILES string of the molecule is CCNC(C)c1sc(CSc2cccc(Cl)c2)nc1C. The van der Waals surface area contributed by atoms with Crippen molar-refractivity contribution in [3.63, 3.8) is 0 Å². The maximum Gasteiger partial charge on any atom is 0.103 e. The van der Waals surface area contributed by atoms with E-state index < -0.39 is 0 Å². The topological polar surface area (TPSA) is 24.9 Å². The highest BCUT2D eigenvalue weighted by Crippen LogP contribution is 2.30. The van der Waals surface area contributed by atoms with E-state index in [0.717, 1.165) is 23.0 Å². The van der Waals surface area contributed by atoms with Crippen LogP contribution in [-0.2, 0) is 5.75 Å². The second-order valence-electron chi connectivity index (χ2n) is 4.58. The molecule has 0 fully saturated rings. The van der Waals surface area contributed by atoms with Gasteiger partial charge < -0.3 is 5.32 Å². The summed E-state index contributed by atoms with van der Waals surface area (Å²) in [4.78, 5) is 7.20. The molecule has 1 aromatic carbocycles. The third kappa shape index (κ3) is 4.22. The maximum absolute atomic E-state index is 6.00. The lowest BCUT2D eigenvalue weighted by atomic mass is 10.2. The van der Waals surface area contributed by atoms with E-state index in [2.05, 4.69) is 37.1 Å². The first-order valence-electron chi connectivity index (χ1n) is 6.68. The van der Waals surface area contributed by atoms with Crippen molar-refractivity contribution in [2.24, 2.45) is 0 Å². The molecular formula is C15H19ClN2S2. The average molecular weight is 327 g/mol. The Labute approximate surface area is 134 Å². The number of halogens is 1. The van der Waals surface area contributed by atoms with Crippen LogP contribution in [0.15, 0.2) is 29.2 Å². The fraction of sp³-hybridized carbons (Fsp3) is 0.400. The highest BCUT2D eigenvalue weighted by molar-refractivity contribution is 7.98. The largest absolute Gasteiger partial charge is 0.310 e.